The van der Waals surface area contributed by atoms with Crippen molar-refractivity contribution in [3.05, 3.63) is 106 Å². The molecule has 0 fully saturated rings. The fourth-order valence-electron chi connectivity index (χ4n) is 3.94. The van der Waals surface area contributed by atoms with Crippen LogP contribution in [0.5, 0.6) is 0 Å². The lowest BCUT2D eigenvalue weighted by Crippen LogP contribution is -2.13. The number of hydrogen-bond acceptors (Lipinski definition) is 6. The van der Waals surface area contributed by atoms with Gasteiger partial charge in [0.1, 0.15) is 17.6 Å². The third-order valence-electron chi connectivity index (χ3n) is 5.59. The minimum atomic E-state index is -0.534. The molecule has 0 bridgehead atoms. The molecule has 2 aromatic heterocycles. The zero-order valence-electron chi connectivity index (χ0n) is 18.9. The Morgan fingerprint density at radius 3 is 2.58 bits per heavy atom. The molecule has 1 atom stereocenters. The summed E-state index contributed by atoms with van der Waals surface area (Å²) in [5.41, 5.74) is 4.20. The lowest BCUT2D eigenvalue weighted by molar-refractivity contribution is 0.628. The van der Waals surface area contributed by atoms with Crippen molar-refractivity contribution in [2.75, 3.05) is 10.6 Å². The Kier molecular flexibility index (Phi) is 6.42. The number of benzene rings is 3. The number of pyridine rings is 1. The number of nitrogens with one attached hydrogen (secondary N) is 2. The third kappa shape index (κ3) is 4.67. The van der Waals surface area contributed by atoms with Crippen molar-refractivity contribution in [3.63, 3.8) is 0 Å². The van der Waals surface area contributed by atoms with E-state index in [0.717, 1.165) is 5.56 Å². The molecule has 10 heteroatoms. The Morgan fingerprint density at radius 1 is 1.08 bits per heavy atom. The van der Waals surface area contributed by atoms with Gasteiger partial charge in [-0.3, -0.25) is 9.67 Å². The van der Waals surface area contributed by atoms with Crippen molar-refractivity contribution < 1.29 is 4.39 Å². The summed E-state index contributed by atoms with van der Waals surface area (Å²) in [4.78, 5) is 4.56. The smallest absolute Gasteiger partial charge is 0.141 e. The molecule has 0 aliphatic rings. The quantitative estimate of drug-likeness (QED) is 0.262. The predicted octanol–water partition coefficient (Wildman–Crippen LogP) is 6.63. The first-order valence-corrected chi connectivity index (χ1v) is 11.6. The molecule has 0 saturated heterocycles. The second-order valence-electron chi connectivity index (χ2n) is 8.07. The first kappa shape index (κ1) is 23.5. The molecule has 178 valence electrons. The number of anilines is 3. The summed E-state index contributed by atoms with van der Waals surface area (Å²) in [6, 6.07) is 19.4. The number of hydrogen-bond donors (Lipinski definition) is 2. The van der Waals surface area contributed by atoms with Gasteiger partial charge in [0, 0.05) is 29.3 Å². The van der Waals surface area contributed by atoms with E-state index in [1.807, 2.05) is 36.5 Å². The average molecular weight is 518 g/mol. The molecule has 5 aromatic rings. The van der Waals surface area contributed by atoms with Crippen LogP contribution in [0.15, 0.2) is 73.1 Å². The SMILES string of the molecule is Cn1cc(C(Nc2cc(Cl)cc3c(Nc4ccc(F)c(Cl)c4)c(C#N)cnc23)c2ccccc2)nn1. The highest BCUT2D eigenvalue weighted by Gasteiger charge is 2.21. The molecule has 0 saturated carbocycles. The number of aromatic nitrogens is 4. The lowest BCUT2D eigenvalue weighted by atomic mass is 10.0. The van der Waals surface area contributed by atoms with Crippen LogP contribution < -0.4 is 10.6 Å². The summed E-state index contributed by atoms with van der Waals surface area (Å²) < 4.78 is 15.3. The summed E-state index contributed by atoms with van der Waals surface area (Å²) >= 11 is 12.5. The van der Waals surface area contributed by atoms with Gasteiger partial charge >= 0.3 is 0 Å². The molecule has 36 heavy (non-hydrogen) atoms. The van der Waals surface area contributed by atoms with Gasteiger partial charge in [0.25, 0.3) is 0 Å². The Balaban J connectivity index is 1.64. The molecule has 0 aliphatic heterocycles. The van der Waals surface area contributed by atoms with E-state index >= 15 is 0 Å². The van der Waals surface area contributed by atoms with Crippen molar-refractivity contribution in [3.8, 4) is 6.07 Å². The summed E-state index contributed by atoms with van der Waals surface area (Å²) in [5, 5.41) is 25.8. The maximum Gasteiger partial charge on any atom is 0.141 e. The van der Waals surface area contributed by atoms with Crippen LogP contribution in [-0.2, 0) is 7.05 Å². The van der Waals surface area contributed by atoms with Gasteiger partial charge in [-0.25, -0.2) is 4.39 Å². The highest BCUT2D eigenvalue weighted by molar-refractivity contribution is 6.32. The molecule has 7 nitrogen and oxygen atoms in total. The minimum absolute atomic E-state index is 0.0352. The van der Waals surface area contributed by atoms with E-state index in [-0.39, 0.29) is 11.1 Å². The van der Waals surface area contributed by atoms with E-state index in [9.17, 15) is 9.65 Å². The third-order valence-corrected chi connectivity index (χ3v) is 6.10. The Bertz CT molecular complexity index is 1610. The molecule has 2 heterocycles. The van der Waals surface area contributed by atoms with E-state index in [1.165, 1.54) is 24.4 Å². The van der Waals surface area contributed by atoms with Gasteiger partial charge in [0.2, 0.25) is 0 Å². The van der Waals surface area contributed by atoms with Crippen LogP contribution in [0.2, 0.25) is 10.0 Å². The van der Waals surface area contributed by atoms with Crippen molar-refractivity contribution in [2.24, 2.45) is 7.05 Å². The normalized spacial score (nSPS) is 11.8. The maximum atomic E-state index is 13.7. The molecule has 3 aromatic carbocycles. The van der Waals surface area contributed by atoms with Crippen molar-refractivity contribution in [1.82, 2.24) is 20.0 Å². The van der Waals surface area contributed by atoms with Crippen LogP contribution in [0.3, 0.4) is 0 Å². The van der Waals surface area contributed by atoms with E-state index in [1.54, 1.807) is 23.9 Å². The first-order chi connectivity index (χ1) is 17.4. The van der Waals surface area contributed by atoms with E-state index < -0.39 is 5.82 Å². The van der Waals surface area contributed by atoms with Crippen molar-refractivity contribution in [1.29, 1.82) is 5.26 Å². The van der Waals surface area contributed by atoms with E-state index in [0.29, 0.717) is 44.2 Å². The summed E-state index contributed by atoms with van der Waals surface area (Å²) in [5.74, 6) is -0.534. The Morgan fingerprint density at radius 2 is 1.89 bits per heavy atom. The second-order valence-corrected chi connectivity index (χ2v) is 8.91. The number of fused-ring (bicyclic) bond motifs is 1. The minimum Gasteiger partial charge on any atom is -0.371 e. The summed E-state index contributed by atoms with van der Waals surface area (Å²) in [6.45, 7) is 0. The van der Waals surface area contributed by atoms with Gasteiger partial charge < -0.3 is 10.6 Å². The standard InChI is InChI=1S/C26H18Cl2FN7/c1-36-14-23(34-35-36)25(15-5-3-2-4-6-15)33-22-10-17(27)9-19-24(16(12-30)13-31-26(19)22)32-18-7-8-21(29)20(28)11-18/h2-11,13-14,25,33H,1H3,(H,31,32). The molecule has 5 rings (SSSR count). The van der Waals surface area contributed by atoms with Crippen LogP contribution in [0.4, 0.5) is 21.5 Å². The van der Waals surface area contributed by atoms with Crippen LogP contribution >= 0.6 is 23.2 Å². The largest absolute Gasteiger partial charge is 0.371 e. The van der Waals surface area contributed by atoms with Crippen molar-refractivity contribution >= 4 is 51.2 Å². The number of aryl methyl sites for hydroxylation is 1. The van der Waals surface area contributed by atoms with Crippen LogP contribution in [-0.4, -0.2) is 20.0 Å². The van der Waals surface area contributed by atoms with Crippen LogP contribution in [0.1, 0.15) is 22.9 Å². The fraction of sp³-hybridized carbons (Fsp3) is 0.0769. The molecule has 1 unspecified atom stereocenters. The number of nitrogens with zero attached hydrogens (tertiary/aromatic N) is 5. The first-order valence-electron chi connectivity index (χ1n) is 10.8. The maximum absolute atomic E-state index is 13.7. The molecule has 0 radical (unpaired) electrons. The Labute approximate surface area is 216 Å². The zero-order valence-corrected chi connectivity index (χ0v) is 20.4. The van der Waals surface area contributed by atoms with Gasteiger partial charge in [-0.15, -0.1) is 5.10 Å². The summed E-state index contributed by atoms with van der Waals surface area (Å²) in [7, 11) is 1.80. The van der Waals surface area contributed by atoms with Gasteiger partial charge in [-0.2, -0.15) is 5.26 Å². The van der Waals surface area contributed by atoms with Crippen molar-refractivity contribution in [2.45, 2.75) is 6.04 Å². The zero-order chi connectivity index (χ0) is 25.2. The molecule has 0 aliphatic carbocycles. The monoisotopic (exact) mass is 517 g/mol. The predicted molar refractivity (Wildman–Crippen MR) is 139 cm³/mol. The average Bonchev–Trinajstić information content (AvgIpc) is 3.31. The fourth-order valence-corrected chi connectivity index (χ4v) is 4.34. The van der Waals surface area contributed by atoms with E-state index in [2.05, 4.69) is 32.0 Å². The van der Waals surface area contributed by atoms with Gasteiger partial charge in [-0.05, 0) is 35.9 Å². The highest BCUT2D eigenvalue weighted by Crippen LogP contribution is 2.37. The van der Waals surface area contributed by atoms with Crippen LogP contribution in [0, 0.1) is 17.1 Å². The molecule has 0 amide bonds. The van der Waals surface area contributed by atoms with Gasteiger partial charge in [0.15, 0.2) is 0 Å². The lowest BCUT2D eigenvalue weighted by Gasteiger charge is -2.20. The molecule has 2 N–H and O–H groups in total. The number of nitriles is 1. The number of rotatable bonds is 6. The second kappa shape index (κ2) is 9.82. The molecular weight excluding hydrogens is 500 g/mol. The topological polar surface area (TPSA) is 91.5 Å². The summed E-state index contributed by atoms with van der Waals surface area (Å²) in [6.07, 6.45) is 3.32. The number of halogens is 3. The molecule has 0 spiro atoms. The Hall–Kier alpha value is -4.19. The van der Waals surface area contributed by atoms with Gasteiger partial charge in [-0.1, -0.05) is 58.7 Å². The van der Waals surface area contributed by atoms with Gasteiger partial charge in [0.05, 0.1) is 39.7 Å². The van der Waals surface area contributed by atoms with Crippen LogP contribution in [0.25, 0.3) is 10.9 Å². The highest BCUT2D eigenvalue weighted by atomic mass is 35.5. The van der Waals surface area contributed by atoms with E-state index in [4.69, 9.17) is 23.2 Å². The molecular formula is C26H18Cl2FN7.